The van der Waals surface area contributed by atoms with Crippen LogP contribution in [-0.4, -0.2) is 22.7 Å². The molecule has 0 aliphatic carbocycles. The second kappa shape index (κ2) is 13.1. The number of aryl methyl sites for hydroxylation is 1. The summed E-state index contributed by atoms with van der Waals surface area (Å²) in [5.41, 5.74) is 1.12. The summed E-state index contributed by atoms with van der Waals surface area (Å²) in [6, 6.07) is 13.8. The lowest BCUT2D eigenvalue weighted by Crippen LogP contribution is -2.09. The highest BCUT2D eigenvalue weighted by Gasteiger charge is 2.33. The van der Waals surface area contributed by atoms with Crippen molar-refractivity contribution in [2.75, 3.05) is 6.61 Å². The minimum absolute atomic E-state index is 0.172. The molecule has 0 radical (unpaired) electrons. The van der Waals surface area contributed by atoms with E-state index in [0.29, 0.717) is 18.4 Å². The van der Waals surface area contributed by atoms with Crippen molar-refractivity contribution in [3.8, 4) is 11.5 Å². The van der Waals surface area contributed by atoms with E-state index >= 15 is 0 Å². The van der Waals surface area contributed by atoms with Crippen LogP contribution in [0.2, 0.25) is 0 Å². The van der Waals surface area contributed by atoms with Crippen LogP contribution in [0, 0.1) is 0 Å². The van der Waals surface area contributed by atoms with E-state index < -0.39 is 17.8 Å². The normalized spacial score (nSPS) is 11.6. The second-order valence-corrected chi connectivity index (χ2v) is 8.76. The molecule has 0 atom stereocenters. The van der Waals surface area contributed by atoms with Crippen LogP contribution in [0.25, 0.3) is 10.9 Å². The summed E-state index contributed by atoms with van der Waals surface area (Å²) < 4.78 is 51.8. The summed E-state index contributed by atoms with van der Waals surface area (Å²) >= 11 is 0. The molecule has 1 N–H and O–H groups in total. The smallest absolute Gasteiger partial charge is 0.433 e. The van der Waals surface area contributed by atoms with Crippen LogP contribution >= 0.6 is 0 Å². The molecule has 0 bridgehead atoms. The molecule has 1 aromatic heterocycles. The van der Waals surface area contributed by atoms with E-state index in [2.05, 4.69) is 4.98 Å². The summed E-state index contributed by atoms with van der Waals surface area (Å²) in [6.45, 7) is 2.57. The molecule has 0 saturated carbocycles. The Morgan fingerprint density at radius 1 is 0.944 bits per heavy atom. The lowest BCUT2D eigenvalue weighted by molar-refractivity contribution is -0.141. The predicted octanol–water partition coefficient (Wildman–Crippen LogP) is 7.59. The molecule has 0 unspecified atom stereocenters. The van der Waals surface area contributed by atoms with Crippen LogP contribution in [0.5, 0.6) is 11.5 Å². The number of hydrogen-bond donors (Lipinski definition) is 1. The fourth-order valence-electron chi connectivity index (χ4n) is 3.88. The third kappa shape index (κ3) is 8.14. The number of aliphatic carboxylic acids is 1. The lowest BCUT2D eigenvalue weighted by Gasteiger charge is -2.15. The van der Waals surface area contributed by atoms with E-state index in [1.807, 2.05) is 31.2 Å². The quantitative estimate of drug-likeness (QED) is 0.230. The Morgan fingerprint density at radius 3 is 2.47 bits per heavy atom. The van der Waals surface area contributed by atoms with Gasteiger partial charge in [0.2, 0.25) is 0 Å². The maximum atomic E-state index is 13.3. The molecule has 0 saturated heterocycles. The van der Waals surface area contributed by atoms with Gasteiger partial charge in [-0.2, -0.15) is 13.2 Å². The number of nitrogens with zero attached hydrogens (tertiary/aromatic N) is 1. The minimum atomic E-state index is -4.56. The first-order valence-electron chi connectivity index (χ1n) is 12.3. The fourth-order valence-corrected chi connectivity index (χ4v) is 3.88. The maximum absolute atomic E-state index is 13.3. The van der Waals surface area contributed by atoms with Crippen LogP contribution in [-0.2, 0) is 24.0 Å². The Balaban J connectivity index is 1.70. The summed E-state index contributed by atoms with van der Waals surface area (Å²) in [7, 11) is 0. The number of carboxylic acid groups (broad SMARTS) is 1. The van der Waals surface area contributed by atoms with E-state index in [4.69, 9.17) is 14.6 Å². The number of fused-ring (bicyclic) bond motifs is 1. The van der Waals surface area contributed by atoms with Crippen LogP contribution in [0.3, 0.4) is 0 Å². The SMILES string of the molecule is CCCCOc1cc(C(F)(F)F)nc2ccc(COc3ccccc3CCCCCCC(=O)O)cc12. The molecule has 1 heterocycles. The molecule has 0 spiro atoms. The van der Waals surface area contributed by atoms with Gasteiger partial charge in [-0.15, -0.1) is 0 Å². The van der Waals surface area contributed by atoms with E-state index in [1.54, 1.807) is 18.2 Å². The zero-order valence-corrected chi connectivity index (χ0v) is 20.4. The topological polar surface area (TPSA) is 68.7 Å². The number of ether oxygens (including phenoxy) is 2. The largest absolute Gasteiger partial charge is 0.493 e. The van der Waals surface area contributed by atoms with Crippen LogP contribution in [0.1, 0.15) is 68.7 Å². The minimum Gasteiger partial charge on any atom is -0.493 e. The fraction of sp³-hybridized carbons (Fsp3) is 0.429. The van der Waals surface area contributed by atoms with Gasteiger partial charge < -0.3 is 14.6 Å². The highest BCUT2D eigenvalue weighted by atomic mass is 19.4. The average molecular weight is 504 g/mol. The van der Waals surface area contributed by atoms with Gasteiger partial charge in [0.25, 0.3) is 0 Å². The molecule has 0 fully saturated rings. The lowest BCUT2D eigenvalue weighted by atomic mass is 10.0. The predicted molar refractivity (Wildman–Crippen MR) is 132 cm³/mol. The Hall–Kier alpha value is -3.29. The van der Waals surface area contributed by atoms with Crippen molar-refractivity contribution in [3.05, 3.63) is 65.4 Å². The van der Waals surface area contributed by atoms with E-state index in [0.717, 1.165) is 61.5 Å². The maximum Gasteiger partial charge on any atom is 0.433 e. The molecule has 5 nitrogen and oxygen atoms in total. The molecule has 8 heteroatoms. The van der Waals surface area contributed by atoms with E-state index in [-0.39, 0.29) is 24.3 Å². The van der Waals surface area contributed by atoms with Gasteiger partial charge in [0.1, 0.15) is 23.8 Å². The molecule has 36 heavy (non-hydrogen) atoms. The molecule has 0 aliphatic rings. The van der Waals surface area contributed by atoms with Crippen molar-refractivity contribution in [2.24, 2.45) is 0 Å². The summed E-state index contributed by atoms with van der Waals surface area (Å²) in [5.74, 6) is 0.165. The average Bonchev–Trinajstić information content (AvgIpc) is 2.84. The second-order valence-electron chi connectivity index (χ2n) is 8.76. The van der Waals surface area contributed by atoms with Gasteiger partial charge in [-0.3, -0.25) is 4.79 Å². The van der Waals surface area contributed by atoms with Gasteiger partial charge in [0.15, 0.2) is 0 Å². The van der Waals surface area contributed by atoms with E-state index in [1.165, 1.54) is 0 Å². The Bertz CT molecular complexity index is 1150. The molecule has 2 aromatic carbocycles. The van der Waals surface area contributed by atoms with Crippen LogP contribution < -0.4 is 9.47 Å². The summed E-state index contributed by atoms with van der Waals surface area (Å²) in [5, 5.41) is 9.25. The molecule has 0 aliphatic heterocycles. The zero-order chi connectivity index (χ0) is 26.0. The number of para-hydroxylation sites is 1. The highest BCUT2D eigenvalue weighted by Crippen LogP contribution is 2.35. The highest BCUT2D eigenvalue weighted by molar-refractivity contribution is 5.86. The third-order valence-electron chi connectivity index (χ3n) is 5.83. The van der Waals surface area contributed by atoms with Crippen molar-refractivity contribution in [2.45, 2.75) is 71.1 Å². The molecule has 3 aromatic rings. The summed E-state index contributed by atoms with van der Waals surface area (Å²) in [4.78, 5) is 14.4. The number of rotatable bonds is 14. The number of carboxylic acids is 1. The van der Waals surface area contributed by atoms with Crippen LogP contribution in [0.4, 0.5) is 13.2 Å². The number of carbonyl (C=O) groups is 1. The molecule has 3 rings (SSSR count). The van der Waals surface area contributed by atoms with Crippen molar-refractivity contribution >= 4 is 16.9 Å². The molecular formula is C28H32F3NO4. The number of alkyl halides is 3. The van der Waals surface area contributed by atoms with Crippen molar-refractivity contribution < 1.29 is 32.5 Å². The summed E-state index contributed by atoms with van der Waals surface area (Å²) in [6.07, 6.45) is 1.50. The van der Waals surface area contributed by atoms with E-state index in [9.17, 15) is 18.0 Å². The number of hydrogen-bond acceptors (Lipinski definition) is 4. The number of unbranched alkanes of at least 4 members (excludes halogenated alkanes) is 4. The van der Waals surface area contributed by atoms with Crippen molar-refractivity contribution in [1.82, 2.24) is 4.98 Å². The monoisotopic (exact) mass is 503 g/mol. The van der Waals surface area contributed by atoms with Gasteiger partial charge in [-0.25, -0.2) is 4.98 Å². The first-order chi connectivity index (χ1) is 17.3. The first-order valence-corrected chi connectivity index (χ1v) is 12.3. The third-order valence-corrected chi connectivity index (χ3v) is 5.83. The number of aromatic nitrogens is 1. The van der Waals surface area contributed by atoms with Gasteiger partial charge >= 0.3 is 12.1 Å². The Kier molecular flexibility index (Phi) is 9.96. The Labute approximate surface area is 209 Å². The number of pyridine rings is 1. The first kappa shape index (κ1) is 27.3. The molecule has 194 valence electrons. The zero-order valence-electron chi connectivity index (χ0n) is 20.4. The van der Waals surface area contributed by atoms with Crippen molar-refractivity contribution in [3.63, 3.8) is 0 Å². The standard InChI is InChI=1S/C28H32F3NO4/c1-2-3-16-35-25-18-26(28(29,30)31)32-23-15-14-20(17-22(23)25)19-36-24-12-9-8-11-21(24)10-6-4-5-7-13-27(33)34/h8-9,11-12,14-15,17-18H,2-7,10,13,16,19H2,1H3,(H,33,34). The van der Waals surface area contributed by atoms with Gasteiger partial charge in [0, 0.05) is 17.9 Å². The molecular weight excluding hydrogens is 471 g/mol. The number of benzene rings is 2. The Morgan fingerprint density at radius 2 is 1.72 bits per heavy atom. The van der Waals surface area contributed by atoms with Gasteiger partial charge in [-0.1, -0.05) is 50.5 Å². The van der Waals surface area contributed by atoms with Crippen LogP contribution in [0.15, 0.2) is 48.5 Å². The molecule has 0 amide bonds. The van der Waals surface area contributed by atoms with Gasteiger partial charge in [-0.05, 0) is 55.0 Å². The van der Waals surface area contributed by atoms with Gasteiger partial charge in [0.05, 0.1) is 12.1 Å². The number of halogens is 3. The van der Waals surface area contributed by atoms with Crippen molar-refractivity contribution in [1.29, 1.82) is 0 Å².